The fourth-order valence-corrected chi connectivity index (χ4v) is 2.70. The van der Waals surface area contributed by atoms with E-state index in [1.54, 1.807) is 0 Å². The SMILES string of the molecule is Cc1ccccc1C(NN)C1CN(C(C)C)CCO1. The number of nitrogens with zero attached hydrogens (tertiary/aromatic N) is 1. The van der Waals surface area contributed by atoms with Crippen molar-refractivity contribution in [3.05, 3.63) is 35.4 Å². The number of benzene rings is 1. The number of nitrogens with one attached hydrogen (secondary N) is 1. The van der Waals surface area contributed by atoms with Crippen LogP contribution in [-0.4, -0.2) is 36.7 Å². The van der Waals surface area contributed by atoms with Crippen LogP contribution >= 0.6 is 0 Å². The second-order valence-corrected chi connectivity index (χ2v) is 5.50. The molecule has 0 aliphatic carbocycles. The number of morpholine rings is 1. The van der Waals surface area contributed by atoms with E-state index in [9.17, 15) is 0 Å². The van der Waals surface area contributed by atoms with Crippen LogP contribution in [0.3, 0.4) is 0 Å². The first-order valence-corrected chi connectivity index (χ1v) is 7.00. The maximum absolute atomic E-state index is 5.94. The van der Waals surface area contributed by atoms with Gasteiger partial charge in [-0.2, -0.15) is 0 Å². The average Bonchev–Trinajstić information content (AvgIpc) is 2.42. The molecule has 1 fully saturated rings. The monoisotopic (exact) mass is 263 g/mol. The lowest BCUT2D eigenvalue weighted by Gasteiger charge is -2.39. The van der Waals surface area contributed by atoms with Crippen molar-refractivity contribution in [1.82, 2.24) is 10.3 Å². The molecule has 1 aliphatic rings. The predicted molar refractivity (Wildman–Crippen MR) is 77.7 cm³/mol. The van der Waals surface area contributed by atoms with E-state index in [1.807, 2.05) is 0 Å². The van der Waals surface area contributed by atoms with Crippen LogP contribution in [0.5, 0.6) is 0 Å². The molecule has 106 valence electrons. The Morgan fingerprint density at radius 2 is 2.11 bits per heavy atom. The topological polar surface area (TPSA) is 50.5 Å². The molecule has 2 rings (SSSR count). The molecule has 0 aromatic heterocycles. The number of hydrazine groups is 1. The summed E-state index contributed by atoms with van der Waals surface area (Å²) in [6, 6.07) is 8.93. The van der Waals surface area contributed by atoms with E-state index in [0.717, 1.165) is 19.7 Å². The van der Waals surface area contributed by atoms with Gasteiger partial charge in [0.1, 0.15) is 0 Å². The minimum atomic E-state index is 0.0442. The summed E-state index contributed by atoms with van der Waals surface area (Å²) >= 11 is 0. The van der Waals surface area contributed by atoms with Crippen LogP contribution in [0.2, 0.25) is 0 Å². The van der Waals surface area contributed by atoms with E-state index in [2.05, 4.69) is 55.4 Å². The molecule has 0 saturated carbocycles. The molecule has 1 aromatic rings. The average molecular weight is 263 g/mol. The van der Waals surface area contributed by atoms with Crippen LogP contribution in [0.15, 0.2) is 24.3 Å². The van der Waals surface area contributed by atoms with Crippen molar-refractivity contribution in [3.8, 4) is 0 Å². The first kappa shape index (κ1) is 14.5. The molecule has 0 bridgehead atoms. The van der Waals surface area contributed by atoms with Gasteiger partial charge in [-0.15, -0.1) is 0 Å². The standard InChI is InChI=1S/C15H25N3O/c1-11(2)18-8-9-19-14(10-18)15(17-16)13-7-5-4-6-12(13)3/h4-7,11,14-15,17H,8-10,16H2,1-3H3. The highest BCUT2D eigenvalue weighted by Gasteiger charge is 2.30. The zero-order chi connectivity index (χ0) is 13.8. The number of nitrogens with two attached hydrogens (primary N) is 1. The Labute approximate surface area is 115 Å². The maximum Gasteiger partial charge on any atom is 0.0910 e. The number of rotatable bonds is 4. The predicted octanol–water partition coefficient (Wildman–Crippen LogP) is 1.61. The normalized spacial score (nSPS) is 22.7. The summed E-state index contributed by atoms with van der Waals surface area (Å²) in [6.45, 7) is 9.25. The molecular formula is C15H25N3O. The Bertz CT molecular complexity index is 408. The summed E-state index contributed by atoms with van der Waals surface area (Å²) in [6.07, 6.45) is 0.0993. The van der Waals surface area contributed by atoms with Crippen molar-refractivity contribution in [2.75, 3.05) is 19.7 Å². The minimum absolute atomic E-state index is 0.0442. The molecule has 1 aromatic carbocycles. The summed E-state index contributed by atoms with van der Waals surface area (Å²) < 4.78 is 5.94. The summed E-state index contributed by atoms with van der Waals surface area (Å²) in [5, 5.41) is 0. The molecule has 19 heavy (non-hydrogen) atoms. The van der Waals surface area contributed by atoms with Gasteiger partial charge in [-0.1, -0.05) is 24.3 Å². The Balaban J connectivity index is 2.16. The van der Waals surface area contributed by atoms with Gasteiger partial charge >= 0.3 is 0 Å². The lowest BCUT2D eigenvalue weighted by molar-refractivity contribution is -0.0562. The third-order valence-electron chi connectivity index (χ3n) is 3.93. The molecule has 1 heterocycles. The zero-order valence-electron chi connectivity index (χ0n) is 12.1. The summed E-state index contributed by atoms with van der Waals surface area (Å²) in [7, 11) is 0. The lowest BCUT2D eigenvalue weighted by Crippen LogP contribution is -2.51. The molecule has 0 amide bonds. The highest BCUT2D eigenvalue weighted by molar-refractivity contribution is 5.29. The Kier molecular flexibility index (Phi) is 4.93. The quantitative estimate of drug-likeness (QED) is 0.640. The molecular weight excluding hydrogens is 238 g/mol. The molecule has 4 nitrogen and oxygen atoms in total. The highest BCUT2D eigenvalue weighted by atomic mass is 16.5. The van der Waals surface area contributed by atoms with Gasteiger partial charge in [-0.05, 0) is 31.9 Å². The van der Waals surface area contributed by atoms with Crippen LogP contribution in [0.4, 0.5) is 0 Å². The van der Waals surface area contributed by atoms with E-state index >= 15 is 0 Å². The van der Waals surface area contributed by atoms with Gasteiger partial charge in [-0.3, -0.25) is 16.2 Å². The number of ether oxygens (including phenoxy) is 1. The largest absolute Gasteiger partial charge is 0.374 e. The van der Waals surface area contributed by atoms with Crippen LogP contribution in [0.25, 0.3) is 0 Å². The number of hydrogen-bond acceptors (Lipinski definition) is 4. The third kappa shape index (κ3) is 3.34. The highest BCUT2D eigenvalue weighted by Crippen LogP contribution is 2.25. The van der Waals surface area contributed by atoms with Gasteiger partial charge in [0.05, 0.1) is 18.8 Å². The lowest BCUT2D eigenvalue weighted by atomic mass is 9.96. The molecule has 0 spiro atoms. The zero-order valence-corrected chi connectivity index (χ0v) is 12.1. The summed E-state index contributed by atoms with van der Waals surface area (Å²) in [5.41, 5.74) is 5.41. The second kappa shape index (κ2) is 6.48. The summed E-state index contributed by atoms with van der Waals surface area (Å²) in [4.78, 5) is 2.44. The molecule has 1 saturated heterocycles. The number of hydrogen-bond donors (Lipinski definition) is 2. The van der Waals surface area contributed by atoms with Crippen molar-refractivity contribution in [3.63, 3.8) is 0 Å². The summed E-state index contributed by atoms with van der Waals surface area (Å²) in [5.74, 6) is 5.78. The fraction of sp³-hybridized carbons (Fsp3) is 0.600. The number of aryl methyl sites for hydroxylation is 1. The van der Waals surface area contributed by atoms with Gasteiger partial charge in [0.15, 0.2) is 0 Å². The first-order chi connectivity index (χ1) is 9.13. The van der Waals surface area contributed by atoms with E-state index in [4.69, 9.17) is 10.6 Å². The van der Waals surface area contributed by atoms with Gasteiger partial charge in [0, 0.05) is 19.1 Å². The third-order valence-corrected chi connectivity index (χ3v) is 3.93. The van der Waals surface area contributed by atoms with Crippen molar-refractivity contribution in [2.24, 2.45) is 5.84 Å². The fourth-order valence-electron chi connectivity index (χ4n) is 2.70. The smallest absolute Gasteiger partial charge is 0.0910 e. The molecule has 3 N–H and O–H groups in total. The van der Waals surface area contributed by atoms with E-state index < -0.39 is 0 Å². The minimum Gasteiger partial charge on any atom is -0.374 e. The Hall–Kier alpha value is -0.940. The molecule has 0 radical (unpaired) electrons. The van der Waals surface area contributed by atoms with Gasteiger partial charge in [0.2, 0.25) is 0 Å². The van der Waals surface area contributed by atoms with Gasteiger partial charge in [0.25, 0.3) is 0 Å². The molecule has 1 aliphatic heterocycles. The Morgan fingerprint density at radius 3 is 2.74 bits per heavy atom. The molecule has 4 heteroatoms. The van der Waals surface area contributed by atoms with E-state index in [0.29, 0.717) is 6.04 Å². The second-order valence-electron chi connectivity index (χ2n) is 5.50. The van der Waals surface area contributed by atoms with Crippen molar-refractivity contribution < 1.29 is 4.74 Å². The van der Waals surface area contributed by atoms with E-state index in [-0.39, 0.29) is 12.1 Å². The van der Waals surface area contributed by atoms with Crippen molar-refractivity contribution in [2.45, 2.75) is 39.0 Å². The van der Waals surface area contributed by atoms with Crippen LogP contribution < -0.4 is 11.3 Å². The maximum atomic E-state index is 5.94. The molecule has 2 unspecified atom stereocenters. The van der Waals surface area contributed by atoms with Crippen LogP contribution in [0, 0.1) is 6.92 Å². The van der Waals surface area contributed by atoms with E-state index in [1.165, 1.54) is 11.1 Å². The Morgan fingerprint density at radius 1 is 1.37 bits per heavy atom. The molecule has 2 atom stereocenters. The van der Waals surface area contributed by atoms with Gasteiger partial charge < -0.3 is 4.74 Å². The van der Waals surface area contributed by atoms with Crippen molar-refractivity contribution >= 4 is 0 Å². The first-order valence-electron chi connectivity index (χ1n) is 7.00. The van der Waals surface area contributed by atoms with Crippen LogP contribution in [-0.2, 0) is 4.74 Å². The van der Waals surface area contributed by atoms with Crippen molar-refractivity contribution in [1.29, 1.82) is 0 Å². The van der Waals surface area contributed by atoms with Gasteiger partial charge in [-0.25, -0.2) is 0 Å². The van der Waals surface area contributed by atoms with Crippen LogP contribution in [0.1, 0.15) is 31.0 Å².